The van der Waals surface area contributed by atoms with Gasteiger partial charge in [-0.05, 0) is 72.2 Å². The predicted octanol–water partition coefficient (Wildman–Crippen LogP) is 8.28. The molecule has 0 bridgehead atoms. The Morgan fingerprint density at radius 3 is 1.93 bits per heavy atom. The summed E-state index contributed by atoms with van der Waals surface area (Å²) in [6.07, 6.45) is 2.65. The summed E-state index contributed by atoms with van der Waals surface area (Å²) in [5, 5.41) is 0. The van der Waals surface area contributed by atoms with Crippen molar-refractivity contribution in [3.8, 4) is 0 Å². The van der Waals surface area contributed by atoms with Gasteiger partial charge in [0.1, 0.15) is 0 Å². The van der Waals surface area contributed by atoms with Crippen molar-refractivity contribution in [3.05, 3.63) is 99.7 Å². The summed E-state index contributed by atoms with van der Waals surface area (Å²) in [5.41, 5.74) is 13.5. The van der Waals surface area contributed by atoms with E-state index in [2.05, 4.69) is 108 Å². The highest BCUT2D eigenvalue weighted by Gasteiger charge is 2.46. The molecule has 1 heteroatoms. The predicted molar refractivity (Wildman–Crippen MR) is 130 cm³/mol. The molecule has 0 heterocycles. The third kappa shape index (κ3) is 3.11. The largest absolute Gasteiger partial charge is 0.0752 e. The molecule has 0 aromatic heterocycles. The van der Waals surface area contributed by atoms with Crippen LogP contribution in [0.5, 0.6) is 0 Å². The van der Waals surface area contributed by atoms with Crippen molar-refractivity contribution in [2.45, 2.75) is 64.7 Å². The summed E-state index contributed by atoms with van der Waals surface area (Å²) in [6.45, 7) is 17.0. The number of allylic oxidation sites excluding steroid dienone is 6. The van der Waals surface area contributed by atoms with E-state index < -0.39 is 8.07 Å². The standard InChI is InChI=1S/C28H34Si/c1-18-19(2)21(4)28(20(18)3)29(6,7)27-17-26(24-15-11-12-16-25(24)27)22(5)23-13-9-8-10-14-23/h8-17,22,27-28H,1-7H3. The highest BCUT2D eigenvalue weighted by Crippen LogP contribution is 2.55. The topological polar surface area (TPSA) is 0 Å². The molecule has 150 valence electrons. The van der Waals surface area contributed by atoms with Gasteiger partial charge in [0.05, 0.1) is 8.07 Å². The van der Waals surface area contributed by atoms with E-state index in [9.17, 15) is 0 Å². The number of rotatable bonds is 4. The zero-order chi connectivity index (χ0) is 20.9. The van der Waals surface area contributed by atoms with Crippen LogP contribution < -0.4 is 0 Å². The molecule has 0 N–H and O–H groups in total. The number of fused-ring (bicyclic) bond motifs is 1. The fourth-order valence-corrected chi connectivity index (χ4v) is 10.6. The minimum Gasteiger partial charge on any atom is -0.0752 e. The van der Waals surface area contributed by atoms with Gasteiger partial charge in [0.2, 0.25) is 0 Å². The average Bonchev–Trinajstić information content (AvgIpc) is 3.21. The second-order valence-corrected chi connectivity index (χ2v) is 14.5. The van der Waals surface area contributed by atoms with E-state index in [0.717, 1.165) is 0 Å². The van der Waals surface area contributed by atoms with E-state index in [0.29, 0.717) is 17.0 Å². The van der Waals surface area contributed by atoms with Gasteiger partial charge in [-0.2, -0.15) is 0 Å². The van der Waals surface area contributed by atoms with Crippen LogP contribution in [0.15, 0.2) is 83.0 Å². The summed E-state index contributed by atoms with van der Waals surface area (Å²) >= 11 is 0. The van der Waals surface area contributed by atoms with Crippen molar-refractivity contribution in [1.29, 1.82) is 0 Å². The SMILES string of the molecule is CC1=C(C)C([Si](C)(C)C2C=C(C(C)c3ccccc3)c3ccccc32)C(C)=C1C. The Kier molecular flexibility index (Phi) is 5.07. The second-order valence-electron chi connectivity index (χ2n) is 9.69. The van der Waals surface area contributed by atoms with Crippen molar-refractivity contribution in [3.63, 3.8) is 0 Å². The summed E-state index contributed by atoms with van der Waals surface area (Å²) in [6, 6.07) is 20.2. The lowest BCUT2D eigenvalue weighted by molar-refractivity contribution is 0.987. The van der Waals surface area contributed by atoms with Crippen molar-refractivity contribution >= 4 is 13.6 Å². The average molecular weight is 399 g/mol. The molecule has 2 aliphatic rings. The number of hydrogen-bond donors (Lipinski definition) is 0. The van der Waals surface area contributed by atoms with Crippen LogP contribution in [0.1, 0.15) is 62.8 Å². The van der Waals surface area contributed by atoms with Crippen LogP contribution in [-0.4, -0.2) is 8.07 Å². The molecule has 0 amide bonds. The Morgan fingerprint density at radius 2 is 1.31 bits per heavy atom. The molecule has 0 aliphatic heterocycles. The van der Waals surface area contributed by atoms with Crippen LogP contribution in [0, 0.1) is 0 Å². The van der Waals surface area contributed by atoms with Gasteiger partial charge in [-0.1, -0.05) is 91.8 Å². The molecule has 0 saturated carbocycles. The maximum atomic E-state index is 2.65. The first-order valence-corrected chi connectivity index (χ1v) is 14.1. The molecular formula is C28H34Si. The van der Waals surface area contributed by atoms with E-state index in [1.54, 1.807) is 16.7 Å². The molecule has 29 heavy (non-hydrogen) atoms. The Hall–Kier alpha value is -2.12. The molecule has 4 rings (SSSR count). The van der Waals surface area contributed by atoms with Crippen LogP contribution in [0.2, 0.25) is 18.6 Å². The lowest BCUT2D eigenvalue weighted by Crippen LogP contribution is -2.39. The number of benzene rings is 2. The molecule has 0 radical (unpaired) electrons. The van der Waals surface area contributed by atoms with Crippen molar-refractivity contribution < 1.29 is 0 Å². The number of hydrogen-bond acceptors (Lipinski definition) is 0. The van der Waals surface area contributed by atoms with Crippen LogP contribution >= 0.6 is 0 Å². The minimum absolute atomic E-state index is 0.424. The van der Waals surface area contributed by atoms with Gasteiger partial charge in [0.25, 0.3) is 0 Å². The molecule has 0 nitrogen and oxygen atoms in total. The van der Waals surface area contributed by atoms with E-state index in [-0.39, 0.29) is 0 Å². The van der Waals surface area contributed by atoms with Crippen LogP contribution in [0.3, 0.4) is 0 Å². The fourth-order valence-electron chi connectivity index (χ4n) is 5.95. The van der Waals surface area contributed by atoms with Gasteiger partial charge in [0.15, 0.2) is 0 Å². The van der Waals surface area contributed by atoms with Gasteiger partial charge in [-0.25, -0.2) is 0 Å². The monoisotopic (exact) mass is 398 g/mol. The molecule has 0 fully saturated rings. The Morgan fingerprint density at radius 1 is 0.759 bits per heavy atom. The summed E-state index contributed by atoms with van der Waals surface area (Å²) in [5.74, 6) is 0.424. The third-order valence-electron chi connectivity index (χ3n) is 7.88. The maximum absolute atomic E-state index is 2.65. The Balaban J connectivity index is 1.81. The fraction of sp³-hybridized carbons (Fsp3) is 0.357. The van der Waals surface area contributed by atoms with Gasteiger partial charge in [-0.15, -0.1) is 0 Å². The Bertz CT molecular complexity index is 1010. The second kappa shape index (κ2) is 7.29. The molecule has 0 spiro atoms. The molecule has 0 saturated heterocycles. The summed E-state index contributed by atoms with van der Waals surface area (Å²) < 4.78 is 0. The zero-order valence-electron chi connectivity index (χ0n) is 19.0. The lowest BCUT2D eigenvalue weighted by Gasteiger charge is -2.37. The van der Waals surface area contributed by atoms with Gasteiger partial charge in [-0.3, -0.25) is 0 Å². The van der Waals surface area contributed by atoms with Crippen molar-refractivity contribution in [1.82, 2.24) is 0 Å². The van der Waals surface area contributed by atoms with E-state index >= 15 is 0 Å². The van der Waals surface area contributed by atoms with E-state index in [1.165, 1.54) is 27.8 Å². The molecule has 2 unspecified atom stereocenters. The minimum atomic E-state index is -1.68. The smallest absolute Gasteiger partial charge is 0.0714 e. The van der Waals surface area contributed by atoms with Crippen LogP contribution in [0.4, 0.5) is 0 Å². The normalized spacial score (nSPS) is 20.9. The first-order valence-electron chi connectivity index (χ1n) is 11.0. The molecule has 2 atom stereocenters. The van der Waals surface area contributed by atoms with Gasteiger partial charge < -0.3 is 0 Å². The first kappa shape index (κ1) is 20.2. The quantitative estimate of drug-likeness (QED) is 0.454. The first-order chi connectivity index (χ1) is 13.7. The summed E-state index contributed by atoms with van der Waals surface area (Å²) in [7, 11) is -1.68. The highest BCUT2D eigenvalue weighted by atomic mass is 28.3. The third-order valence-corrected chi connectivity index (χ3v) is 12.3. The molecule has 2 aromatic rings. The van der Waals surface area contributed by atoms with E-state index in [4.69, 9.17) is 0 Å². The van der Waals surface area contributed by atoms with Gasteiger partial charge >= 0.3 is 0 Å². The highest BCUT2D eigenvalue weighted by molar-refractivity contribution is 6.82. The van der Waals surface area contributed by atoms with Crippen LogP contribution in [0.25, 0.3) is 5.57 Å². The van der Waals surface area contributed by atoms with Crippen molar-refractivity contribution in [2.24, 2.45) is 0 Å². The lowest BCUT2D eigenvalue weighted by atomic mass is 9.89. The Labute approximate surface area is 178 Å². The molecule has 2 aromatic carbocycles. The maximum Gasteiger partial charge on any atom is 0.0714 e. The summed E-state index contributed by atoms with van der Waals surface area (Å²) in [4.78, 5) is 0. The van der Waals surface area contributed by atoms with Crippen molar-refractivity contribution in [2.75, 3.05) is 0 Å². The van der Waals surface area contributed by atoms with Gasteiger partial charge in [0, 0.05) is 5.92 Å². The zero-order valence-corrected chi connectivity index (χ0v) is 20.0. The van der Waals surface area contributed by atoms with E-state index in [1.807, 2.05) is 0 Å². The molecular weight excluding hydrogens is 364 g/mol. The molecule has 2 aliphatic carbocycles. The van der Waals surface area contributed by atoms with Crippen LogP contribution in [-0.2, 0) is 0 Å².